The first-order valence-corrected chi connectivity index (χ1v) is 6.48. The summed E-state index contributed by atoms with van der Waals surface area (Å²) in [6.45, 7) is 6.42. The Morgan fingerprint density at radius 1 is 1.38 bits per heavy atom. The summed E-state index contributed by atoms with van der Waals surface area (Å²) < 4.78 is 13.7. The largest absolute Gasteiger partial charge is 0.380 e. The highest BCUT2D eigenvalue weighted by Crippen LogP contribution is 2.32. The summed E-state index contributed by atoms with van der Waals surface area (Å²) in [7, 11) is 0. The van der Waals surface area contributed by atoms with Crippen molar-refractivity contribution in [2.24, 2.45) is 5.92 Å². The molecule has 0 aliphatic rings. The number of benzene rings is 1. The van der Waals surface area contributed by atoms with Crippen molar-refractivity contribution >= 4 is 33.2 Å². The van der Waals surface area contributed by atoms with Crippen molar-refractivity contribution < 1.29 is 4.39 Å². The van der Waals surface area contributed by atoms with Crippen LogP contribution in [-0.4, -0.2) is 6.04 Å². The first-order valence-electron chi connectivity index (χ1n) is 5.31. The van der Waals surface area contributed by atoms with Gasteiger partial charge in [-0.25, -0.2) is 4.39 Å². The number of halogens is 3. The molecule has 16 heavy (non-hydrogen) atoms. The average Bonchev–Trinajstić information content (AvgIpc) is 2.09. The maximum absolute atomic E-state index is 13.0. The molecule has 0 saturated carbocycles. The fraction of sp³-hybridized carbons (Fsp3) is 0.500. The van der Waals surface area contributed by atoms with Gasteiger partial charge < -0.3 is 5.32 Å². The van der Waals surface area contributed by atoms with Gasteiger partial charge >= 0.3 is 0 Å². The van der Waals surface area contributed by atoms with Gasteiger partial charge in [0.1, 0.15) is 5.82 Å². The van der Waals surface area contributed by atoms with Crippen molar-refractivity contribution in [2.75, 3.05) is 5.32 Å². The van der Waals surface area contributed by atoms with Crippen molar-refractivity contribution in [2.45, 2.75) is 33.2 Å². The van der Waals surface area contributed by atoms with E-state index in [9.17, 15) is 4.39 Å². The Morgan fingerprint density at radius 2 is 2.00 bits per heavy atom. The molecular weight excluding hydrogens is 292 g/mol. The Balaban J connectivity index is 2.81. The van der Waals surface area contributed by atoms with Crippen LogP contribution in [0.5, 0.6) is 0 Å². The maximum atomic E-state index is 13.0. The molecule has 1 aromatic carbocycles. The summed E-state index contributed by atoms with van der Waals surface area (Å²) in [5, 5.41) is 3.70. The molecule has 1 aromatic rings. The van der Waals surface area contributed by atoms with Crippen LogP contribution in [0.3, 0.4) is 0 Å². The van der Waals surface area contributed by atoms with Gasteiger partial charge in [0.2, 0.25) is 0 Å². The molecule has 0 spiro atoms. The fourth-order valence-electron chi connectivity index (χ4n) is 1.69. The molecule has 0 aliphatic carbocycles. The highest BCUT2D eigenvalue weighted by atomic mass is 79.9. The molecule has 1 nitrogen and oxygen atoms in total. The smallest absolute Gasteiger partial charge is 0.125 e. The predicted octanol–water partition coefficient (Wildman–Crippen LogP) is 5.09. The highest BCUT2D eigenvalue weighted by molar-refractivity contribution is 9.10. The van der Waals surface area contributed by atoms with Crippen LogP contribution in [0.1, 0.15) is 27.2 Å². The van der Waals surface area contributed by atoms with E-state index in [4.69, 9.17) is 11.6 Å². The fourth-order valence-corrected chi connectivity index (χ4v) is 2.61. The van der Waals surface area contributed by atoms with E-state index in [-0.39, 0.29) is 5.82 Å². The summed E-state index contributed by atoms with van der Waals surface area (Å²) in [5.74, 6) is 0.277. The zero-order valence-corrected chi connectivity index (χ0v) is 12.0. The van der Waals surface area contributed by atoms with Crippen molar-refractivity contribution in [3.8, 4) is 0 Å². The van der Waals surface area contributed by atoms with Gasteiger partial charge in [-0.15, -0.1) is 0 Å². The first kappa shape index (κ1) is 13.8. The van der Waals surface area contributed by atoms with Crippen LogP contribution in [0.15, 0.2) is 16.6 Å². The van der Waals surface area contributed by atoms with E-state index < -0.39 is 0 Å². The van der Waals surface area contributed by atoms with Crippen LogP contribution in [0.4, 0.5) is 10.1 Å². The van der Waals surface area contributed by atoms with Crippen LogP contribution in [0, 0.1) is 11.7 Å². The normalized spacial score (nSPS) is 12.9. The van der Waals surface area contributed by atoms with Crippen LogP contribution in [0.2, 0.25) is 5.02 Å². The average molecular weight is 309 g/mol. The van der Waals surface area contributed by atoms with Crippen LogP contribution >= 0.6 is 27.5 Å². The standard InChI is InChI=1S/C12H16BrClFN/c1-7(2)4-8(3)16-12-10(13)5-9(15)6-11(12)14/h5-8,16H,4H2,1-3H3. The van der Waals surface area contributed by atoms with E-state index in [0.29, 0.717) is 21.5 Å². The summed E-state index contributed by atoms with van der Waals surface area (Å²) in [6, 6.07) is 3.03. The van der Waals surface area contributed by atoms with E-state index in [1.165, 1.54) is 12.1 Å². The molecule has 1 N–H and O–H groups in total. The second kappa shape index (κ2) is 5.87. The molecule has 0 bridgehead atoms. The number of anilines is 1. The third-order valence-electron chi connectivity index (χ3n) is 2.22. The SMILES string of the molecule is CC(C)CC(C)Nc1c(Cl)cc(F)cc1Br. The second-order valence-electron chi connectivity index (χ2n) is 4.42. The molecule has 0 aliphatic heterocycles. The maximum Gasteiger partial charge on any atom is 0.125 e. The lowest BCUT2D eigenvalue weighted by Crippen LogP contribution is -2.18. The van der Waals surface area contributed by atoms with Crippen molar-refractivity contribution in [3.63, 3.8) is 0 Å². The monoisotopic (exact) mass is 307 g/mol. The molecule has 4 heteroatoms. The quantitative estimate of drug-likeness (QED) is 0.817. The highest BCUT2D eigenvalue weighted by Gasteiger charge is 2.11. The Bertz CT molecular complexity index is 345. The van der Waals surface area contributed by atoms with Crippen molar-refractivity contribution in [3.05, 3.63) is 27.4 Å². The number of hydrogen-bond donors (Lipinski definition) is 1. The molecule has 0 aromatic heterocycles. The molecule has 1 unspecified atom stereocenters. The molecular formula is C12H16BrClFN. The Hall–Kier alpha value is -0.280. The third-order valence-corrected chi connectivity index (χ3v) is 3.15. The minimum absolute atomic E-state index is 0.305. The van der Waals surface area contributed by atoms with Gasteiger partial charge in [-0.3, -0.25) is 0 Å². The molecule has 90 valence electrons. The topological polar surface area (TPSA) is 12.0 Å². The molecule has 1 atom stereocenters. The Labute approximate surface area is 110 Å². The van der Waals surface area contributed by atoms with E-state index in [0.717, 1.165) is 12.1 Å². The number of rotatable bonds is 4. The molecule has 0 amide bonds. The molecule has 0 saturated heterocycles. The molecule has 0 radical (unpaired) electrons. The van der Waals surface area contributed by atoms with Crippen LogP contribution in [-0.2, 0) is 0 Å². The van der Waals surface area contributed by atoms with Gasteiger partial charge in [0, 0.05) is 10.5 Å². The van der Waals surface area contributed by atoms with Crippen molar-refractivity contribution in [1.29, 1.82) is 0 Å². The van der Waals surface area contributed by atoms with Gasteiger partial charge in [-0.2, -0.15) is 0 Å². The first-order chi connectivity index (χ1) is 7.40. The van der Waals surface area contributed by atoms with E-state index in [2.05, 4.69) is 42.0 Å². The van der Waals surface area contributed by atoms with Gasteiger partial charge in [-0.1, -0.05) is 25.4 Å². The zero-order chi connectivity index (χ0) is 12.3. The summed E-state index contributed by atoms with van der Waals surface area (Å²) >= 11 is 9.29. The number of nitrogens with one attached hydrogen (secondary N) is 1. The predicted molar refractivity (Wildman–Crippen MR) is 71.6 cm³/mol. The summed E-state index contributed by atoms with van der Waals surface area (Å²) in [5.41, 5.74) is 0.760. The molecule has 0 heterocycles. The number of hydrogen-bond acceptors (Lipinski definition) is 1. The molecule has 0 fully saturated rings. The van der Waals surface area contributed by atoms with E-state index in [1.54, 1.807) is 0 Å². The van der Waals surface area contributed by atoms with Crippen LogP contribution < -0.4 is 5.32 Å². The Morgan fingerprint density at radius 3 is 2.50 bits per heavy atom. The van der Waals surface area contributed by atoms with E-state index in [1.807, 2.05) is 0 Å². The van der Waals surface area contributed by atoms with Gasteiger partial charge in [0.15, 0.2) is 0 Å². The van der Waals surface area contributed by atoms with Crippen molar-refractivity contribution in [1.82, 2.24) is 0 Å². The Kier molecular flexibility index (Phi) is 5.06. The lowest BCUT2D eigenvalue weighted by molar-refractivity contribution is 0.539. The van der Waals surface area contributed by atoms with Crippen LogP contribution in [0.25, 0.3) is 0 Å². The lowest BCUT2D eigenvalue weighted by atomic mass is 10.1. The summed E-state index contributed by atoms with van der Waals surface area (Å²) in [6.07, 6.45) is 1.04. The minimum Gasteiger partial charge on any atom is -0.380 e. The molecule has 1 rings (SSSR count). The van der Waals surface area contributed by atoms with Gasteiger partial charge in [0.05, 0.1) is 10.7 Å². The third kappa shape index (κ3) is 3.95. The van der Waals surface area contributed by atoms with E-state index >= 15 is 0 Å². The van der Waals surface area contributed by atoms with Gasteiger partial charge in [-0.05, 0) is 47.3 Å². The zero-order valence-electron chi connectivity index (χ0n) is 9.65. The second-order valence-corrected chi connectivity index (χ2v) is 5.68. The minimum atomic E-state index is -0.334. The summed E-state index contributed by atoms with van der Waals surface area (Å²) in [4.78, 5) is 0. The van der Waals surface area contributed by atoms with Gasteiger partial charge in [0.25, 0.3) is 0 Å². The lowest BCUT2D eigenvalue weighted by Gasteiger charge is -2.19.